The van der Waals surface area contributed by atoms with E-state index in [0.717, 1.165) is 85.5 Å². The van der Waals surface area contributed by atoms with Crippen molar-refractivity contribution in [2.75, 3.05) is 25.1 Å². The molecule has 2 fully saturated rings. The number of amides is 1. The first kappa shape index (κ1) is 23.1. The second kappa shape index (κ2) is 9.62. The van der Waals surface area contributed by atoms with E-state index in [9.17, 15) is 4.79 Å². The van der Waals surface area contributed by atoms with Crippen molar-refractivity contribution < 1.29 is 14.3 Å². The lowest BCUT2D eigenvalue weighted by molar-refractivity contribution is -0.120. The first-order chi connectivity index (χ1) is 17.6. The lowest BCUT2D eigenvalue weighted by Gasteiger charge is -2.36. The number of carbonyl (C=O) groups is 1. The summed E-state index contributed by atoms with van der Waals surface area (Å²) in [4.78, 5) is 15.3. The topological polar surface area (TPSA) is 68.6 Å². The predicted molar refractivity (Wildman–Crippen MR) is 140 cm³/mol. The Morgan fingerprint density at radius 1 is 1.06 bits per heavy atom. The van der Waals surface area contributed by atoms with Crippen LogP contribution in [-0.2, 0) is 11.2 Å². The Bertz CT molecular complexity index is 1260. The number of benzene rings is 2. The highest BCUT2D eigenvalue weighted by atomic mass is 16.5. The molecular formula is C29H34N4O3. The molecule has 1 saturated carbocycles. The number of ether oxygens (including phenoxy) is 2. The van der Waals surface area contributed by atoms with Crippen LogP contribution in [0.25, 0.3) is 11.1 Å². The molecule has 0 bridgehead atoms. The van der Waals surface area contributed by atoms with Gasteiger partial charge in [-0.05, 0) is 82.8 Å². The van der Waals surface area contributed by atoms with E-state index in [1.165, 1.54) is 0 Å². The van der Waals surface area contributed by atoms with Gasteiger partial charge >= 0.3 is 0 Å². The summed E-state index contributed by atoms with van der Waals surface area (Å²) in [6, 6.07) is 12.5. The summed E-state index contributed by atoms with van der Waals surface area (Å²) in [6.07, 6.45) is 10.0. The summed E-state index contributed by atoms with van der Waals surface area (Å²) in [5.74, 6) is 2.70. The number of rotatable bonds is 6. The molecule has 0 unspecified atom stereocenters. The predicted octanol–water partition coefficient (Wildman–Crippen LogP) is 5.35. The first-order valence-corrected chi connectivity index (χ1v) is 13.2. The molecule has 1 atom stereocenters. The van der Waals surface area contributed by atoms with Crippen LogP contribution in [-0.4, -0.2) is 41.9 Å². The van der Waals surface area contributed by atoms with E-state index in [4.69, 9.17) is 14.6 Å². The lowest BCUT2D eigenvalue weighted by atomic mass is 9.92. The molecule has 1 aromatic heterocycles. The Morgan fingerprint density at radius 3 is 2.64 bits per heavy atom. The van der Waals surface area contributed by atoms with Crippen molar-refractivity contribution in [2.24, 2.45) is 5.92 Å². The van der Waals surface area contributed by atoms with E-state index >= 15 is 0 Å². The molecule has 36 heavy (non-hydrogen) atoms. The zero-order chi connectivity index (χ0) is 24.6. The van der Waals surface area contributed by atoms with E-state index in [0.29, 0.717) is 11.8 Å². The number of aromatic nitrogens is 2. The zero-order valence-corrected chi connectivity index (χ0v) is 21.1. The van der Waals surface area contributed by atoms with Crippen molar-refractivity contribution in [3.63, 3.8) is 0 Å². The van der Waals surface area contributed by atoms with Crippen molar-refractivity contribution in [2.45, 2.75) is 57.5 Å². The minimum absolute atomic E-state index is 0.170. The minimum Gasteiger partial charge on any atom is -0.497 e. The Kier molecular flexibility index (Phi) is 6.17. The van der Waals surface area contributed by atoms with Gasteiger partial charge in [-0.15, -0.1) is 0 Å². The van der Waals surface area contributed by atoms with Gasteiger partial charge < -0.3 is 19.7 Å². The molecule has 2 aromatic carbocycles. The van der Waals surface area contributed by atoms with Gasteiger partial charge in [-0.2, -0.15) is 5.10 Å². The summed E-state index contributed by atoms with van der Waals surface area (Å²) in [6.45, 7) is 4.20. The maximum Gasteiger partial charge on any atom is 0.230 e. The number of anilines is 1. The van der Waals surface area contributed by atoms with Crippen molar-refractivity contribution in [3.8, 4) is 28.4 Å². The SMILES string of the molecule is COc1cccc(Oc2c(-c3cnn(C4CCNCC4)c3)ccc3c2CC[C@H](C)N3C(=O)C2CC2)c1. The van der Waals surface area contributed by atoms with E-state index in [1.54, 1.807) is 7.11 Å². The van der Waals surface area contributed by atoms with Gasteiger partial charge in [-0.3, -0.25) is 9.48 Å². The van der Waals surface area contributed by atoms with Gasteiger partial charge in [0.1, 0.15) is 17.2 Å². The summed E-state index contributed by atoms with van der Waals surface area (Å²) in [5.41, 5.74) is 4.12. The number of methoxy groups -OCH3 is 1. The summed E-state index contributed by atoms with van der Waals surface area (Å²) in [5, 5.41) is 8.17. The number of hydrogen-bond acceptors (Lipinski definition) is 5. The second-order valence-electron chi connectivity index (χ2n) is 10.3. The Labute approximate surface area is 212 Å². The highest BCUT2D eigenvalue weighted by Gasteiger charge is 2.39. The zero-order valence-electron chi connectivity index (χ0n) is 21.1. The highest BCUT2D eigenvalue weighted by Crippen LogP contribution is 2.46. The maximum atomic E-state index is 13.3. The monoisotopic (exact) mass is 486 g/mol. The Hall–Kier alpha value is -3.32. The van der Waals surface area contributed by atoms with E-state index in [1.807, 2.05) is 35.4 Å². The van der Waals surface area contributed by atoms with Crippen molar-refractivity contribution in [3.05, 3.63) is 54.4 Å². The maximum absolute atomic E-state index is 13.3. The number of piperidine rings is 1. The van der Waals surface area contributed by atoms with Crippen molar-refractivity contribution >= 4 is 11.6 Å². The highest BCUT2D eigenvalue weighted by molar-refractivity contribution is 5.99. The van der Waals surface area contributed by atoms with E-state index < -0.39 is 0 Å². The van der Waals surface area contributed by atoms with Gasteiger partial charge in [0.05, 0.1) is 25.0 Å². The lowest BCUT2D eigenvalue weighted by Crippen LogP contribution is -2.43. The van der Waals surface area contributed by atoms with Crippen LogP contribution in [0.5, 0.6) is 17.2 Å². The van der Waals surface area contributed by atoms with Crippen LogP contribution in [0.4, 0.5) is 5.69 Å². The normalized spacial score (nSPS) is 20.2. The summed E-state index contributed by atoms with van der Waals surface area (Å²) >= 11 is 0. The molecule has 6 rings (SSSR count). The molecule has 1 saturated heterocycles. The number of carbonyl (C=O) groups excluding carboxylic acids is 1. The molecule has 0 radical (unpaired) electrons. The van der Waals surface area contributed by atoms with Crippen molar-refractivity contribution in [1.82, 2.24) is 15.1 Å². The molecule has 0 spiro atoms. The van der Waals surface area contributed by atoms with Crippen LogP contribution in [0.1, 0.15) is 50.6 Å². The average molecular weight is 487 g/mol. The second-order valence-corrected chi connectivity index (χ2v) is 10.3. The number of hydrogen-bond donors (Lipinski definition) is 1. The quantitative estimate of drug-likeness (QED) is 0.509. The number of nitrogens with zero attached hydrogens (tertiary/aromatic N) is 3. The van der Waals surface area contributed by atoms with Crippen LogP contribution in [0.15, 0.2) is 48.8 Å². The van der Waals surface area contributed by atoms with Gasteiger partial charge in [-0.25, -0.2) is 0 Å². The van der Waals surface area contributed by atoms with Crippen LogP contribution < -0.4 is 19.7 Å². The van der Waals surface area contributed by atoms with Gasteiger partial charge in [-0.1, -0.05) is 6.07 Å². The molecule has 1 aliphatic carbocycles. The first-order valence-electron chi connectivity index (χ1n) is 13.2. The molecule has 2 aliphatic heterocycles. The van der Waals surface area contributed by atoms with Gasteiger partial charge in [0.15, 0.2) is 0 Å². The molecule has 7 heteroatoms. The van der Waals surface area contributed by atoms with Crippen molar-refractivity contribution in [1.29, 1.82) is 0 Å². The fourth-order valence-electron chi connectivity index (χ4n) is 5.54. The van der Waals surface area contributed by atoms with Crippen LogP contribution in [0.3, 0.4) is 0 Å². The molecular weight excluding hydrogens is 452 g/mol. The van der Waals surface area contributed by atoms with Crippen LogP contribution >= 0.6 is 0 Å². The van der Waals surface area contributed by atoms with Gasteiger partial charge in [0.25, 0.3) is 0 Å². The Balaban J connectivity index is 1.43. The molecule has 188 valence electrons. The van der Waals surface area contributed by atoms with Gasteiger partial charge in [0.2, 0.25) is 5.91 Å². The van der Waals surface area contributed by atoms with Gasteiger partial charge in [0, 0.05) is 40.9 Å². The fourth-order valence-corrected chi connectivity index (χ4v) is 5.54. The third-order valence-corrected chi connectivity index (χ3v) is 7.77. The largest absolute Gasteiger partial charge is 0.497 e. The summed E-state index contributed by atoms with van der Waals surface area (Å²) < 4.78 is 14.2. The molecule has 3 aliphatic rings. The number of nitrogens with one attached hydrogen (secondary N) is 1. The standard InChI is InChI=1S/C29H34N4O3/c1-19-6-9-26-27(33(19)29(34)20-7-8-20)11-10-25(28(26)36-24-5-3-4-23(16-24)35-2)21-17-31-32(18-21)22-12-14-30-15-13-22/h3-5,10-11,16-20,22,30H,6-9,12-15H2,1-2H3/t19-/m0/s1. The number of fused-ring (bicyclic) bond motifs is 1. The molecule has 3 heterocycles. The molecule has 7 nitrogen and oxygen atoms in total. The minimum atomic E-state index is 0.170. The average Bonchev–Trinajstić information content (AvgIpc) is 3.65. The third-order valence-electron chi connectivity index (χ3n) is 7.77. The van der Waals surface area contributed by atoms with Crippen LogP contribution in [0, 0.1) is 5.92 Å². The smallest absolute Gasteiger partial charge is 0.230 e. The molecule has 1 amide bonds. The van der Waals surface area contributed by atoms with Crippen LogP contribution in [0.2, 0.25) is 0 Å². The Morgan fingerprint density at radius 2 is 1.86 bits per heavy atom. The third kappa shape index (κ3) is 4.37. The summed E-state index contributed by atoms with van der Waals surface area (Å²) in [7, 11) is 1.66. The molecule has 3 aromatic rings. The molecule has 1 N–H and O–H groups in total. The van der Waals surface area contributed by atoms with E-state index in [2.05, 4.69) is 35.3 Å². The van der Waals surface area contributed by atoms with E-state index in [-0.39, 0.29) is 17.9 Å². The fraction of sp³-hybridized carbons (Fsp3) is 0.448.